The van der Waals surface area contributed by atoms with Gasteiger partial charge in [-0.15, -0.1) is 0 Å². The van der Waals surface area contributed by atoms with Gasteiger partial charge in [0.1, 0.15) is 0 Å². The molecule has 0 rings (SSSR count). The molecular weight excluding hydrogens is 294 g/mol. The summed E-state index contributed by atoms with van der Waals surface area (Å²) >= 11 is 0. The molecule has 0 amide bonds. The molecule has 0 spiro atoms. The van der Waals surface area contributed by atoms with E-state index in [1.807, 2.05) is 19.9 Å². The molecule has 9 heteroatoms. The van der Waals surface area contributed by atoms with Crippen LogP contribution in [0.5, 0.6) is 0 Å². The van der Waals surface area contributed by atoms with Crippen LogP contribution in [0.1, 0.15) is 33.6 Å². The Balaban J connectivity index is 4.16. The second-order valence-electron chi connectivity index (χ2n) is 4.14. The Labute approximate surface area is 112 Å². The summed E-state index contributed by atoms with van der Waals surface area (Å²) in [6, 6.07) is 0. The predicted octanol–water partition coefficient (Wildman–Crippen LogP) is 1.01. The summed E-state index contributed by atoms with van der Waals surface area (Å²) in [6.45, 7) is 5.35. The van der Waals surface area contributed by atoms with Crippen molar-refractivity contribution in [3.63, 3.8) is 0 Å². The topological polar surface area (TPSA) is 122 Å². The van der Waals surface area contributed by atoms with Crippen LogP contribution in [0.15, 0.2) is 23.3 Å². The second-order valence-corrected chi connectivity index (χ2v) is 6.84. The molecule has 0 fully saturated rings. The number of phosphoric acid groups is 2. The van der Waals surface area contributed by atoms with E-state index in [1.54, 1.807) is 6.92 Å². The molecule has 0 aliphatic rings. The first-order chi connectivity index (χ1) is 8.52. The first kappa shape index (κ1) is 18.7. The number of hydrogen-bond donors (Lipinski definition) is 0. The Kier molecular flexibility index (Phi) is 8.01. The van der Waals surface area contributed by atoms with Crippen molar-refractivity contribution >= 4 is 15.6 Å². The van der Waals surface area contributed by atoms with Gasteiger partial charge in [0, 0.05) is 0 Å². The Morgan fingerprint density at radius 3 is 2.16 bits per heavy atom. The zero-order valence-corrected chi connectivity index (χ0v) is 12.8. The average Bonchev–Trinajstić information content (AvgIpc) is 2.12. The van der Waals surface area contributed by atoms with Gasteiger partial charge in [0.15, 0.2) is 0 Å². The molecule has 7 nitrogen and oxygen atoms in total. The van der Waals surface area contributed by atoms with Gasteiger partial charge >= 0.3 is 0 Å². The number of hydrogen-bond acceptors (Lipinski definition) is 7. The van der Waals surface area contributed by atoms with E-state index in [1.165, 1.54) is 11.6 Å². The smallest absolute Gasteiger partial charge is 0.272 e. The van der Waals surface area contributed by atoms with Crippen LogP contribution in [-0.2, 0) is 18.0 Å². The lowest BCUT2D eigenvalue weighted by Gasteiger charge is -2.34. The molecule has 0 saturated carbocycles. The standard InChI is InChI=1S/C10H20O7P2/c1-9(2)5-4-6-10(3)7-8-16-19(14,15)17-18(11,12)13/h5,7H,4,6,8H2,1-3H3,(H,14,15)(H2,11,12,13)/p-3. The molecule has 0 aliphatic carbocycles. The quantitative estimate of drug-likeness (QED) is 0.484. The Hall–Kier alpha value is -0.260. The average molecular weight is 311 g/mol. The first-order valence-electron chi connectivity index (χ1n) is 5.50. The van der Waals surface area contributed by atoms with Gasteiger partial charge in [-0.3, -0.25) is 8.88 Å². The highest BCUT2D eigenvalue weighted by molar-refractivity contribution is 7.58. The summed E-state index contributed by atoms with van der Waals surface area (Å²) in [5, 5.41) is 0. The van der Waals surface area contributed by atoms with Crippen LogP contribution < -0.4 is 14.7 Å². The number of allylic oxidation sites excluding steroid dienone is 3. The van der Waals surface area contributed by atoms with E-state index in [9.17, 15) is 23.8 Å². The van der Waals surface area contributed by atoms with Crippen LogP contribution in [0.25, 0.3) is 0 Å². The van der Waals surface area contributed by atoms with Crippen molar-refractivity contribution in [3.05, 3.63) is 23.3 Å². The second kappa shape index (κ2) is 8.12. The van der Waals surface area contributed by atoms with Gasteiger partial charge in [0.25, 0.3) is 7.82 Å². The van der Waals surface area contributed by atoms with Crippen molar-refractivity contribution in [1.82, 2.24) is 0 Å². The lowest BCUT2D eigenvalue weighted by atomic mass is 10.1. The van der Waals surface area contributed by atoms with Gasteiger partial charge in [-0.25, -0.2) is 0 Å². The maximum Gasteiger partial charge on any atom is 0.272 e. The van der Waals surface area contributed by atoms with Crippen molar-refractivity contribution in [1.29, 1.82) is 0 Å². The Morgan fingerprint density at radius 1 is 1.11 bits per heavy atom. The highest BCUT2D eigenvalue weighted by Crippen LogP contribution is 2.50. The zero-order chi connectivity index (χ0) is 15.1. The fourth-order valence-electron chi connectivity index (χ4n) is 1.11. The van der Waals surface area contributed by atoms with Gasteiger partial charge in [0.05, 0.1) is 14.4 Å². The highest BCUT2D eigenvalue weighted by Gasteiger charge is 2.10. The molecular formula is C10H17O7P2-3. The van der Waals surface area contributed by atoms with Crippen LogP contribution in [-0.4, -0.2) is 6.61 Å². The fraction of sp³-hybridized carbons (Fsp3) is 0.600. The van der Waals surface area contributed by atoms with Crippen LogP contribution in [0, 0.1) is 0 Å². The van der Waals surface area contributed by atoms with Crippen LogP contribution in [0.4, 0.5) is 0 Å². The molecule has 0 aromatic rings. The van der Waals surface area contributed by atoms with Gasteiger partial charge in [-0.2, -0.15) is 0 Å². The molecule has 0 bridgehead atoms. The van der Waals surface area contributed by atoms with Gasteiger partial charge in [-0.1, -0.05) is 23.3 Å². The van der Waals surface area contributed by atoms with E-state index in [4.69, 9.17) is 0 Å². The van der Waals surface area contributed by atoms with E-state index in [-0.39, 0.29) is 6.61 Å². The van der Waals surface area contributed by atoms with E-state index in [2.05, 4.69) is 8.83 Å². The van der Waals surface area contributed by atoms with Gasteiger partial charge in [-0.05, 0) is 33.6 Å². The molecule has 1 unspecified atom stereocenters. The summed E-state index contributed by atoms with van der Waals surface area (Å²) in [5.41, 5.74) is 2.06. The van der Waals surface area contributed by atoms with Gasteiger partial charge in [0.2, 0.25) is 0 Å². The SMILES string of the molecule is CC(C)=CCCC(C)=CCOP(=O)([O-])OP(=O)([O-])[O-]. The number of phosphoric ester groups is 1. The molecule has 112 valence electrons. The van der Waals surface area contributed by atoms with Crippen LogP contribution in [0.3, 0.4) is 0 Å². The molecule has 0 N–H and O–H groups in total. The lowest BCUT2D eigenvalue weighted by Crippen LogP contribution is -2.19. The Morgan fingerprint density at radius 2 is 1.68 bits per heavy atom. The van der Waals surface area contributed by atoms with Crippen molar-refractivity contribution in [2.75, 3.05) is 6.61 Å². The third-order valence-corrected chi connectivity index (χ3v) is 4.02. The van der Waals surface area contributed by atoms with Crippen LogP contribution in [0.2, 0.25) is 0 Å². The van der Waals surface area contributed by atoms with Gasteiger partial charge < -0.3 is 23.8 Å². The molecule has 19 heavy (non-hydrogen) atoms. The summed E-state index contributed by atoms with van der Waals surface area (Å²) in [6.07, 6.45) is 5.05. The van der Waals surface area contributed by atoms with Crippen molar-refractivity contribution in [2.45, 2.75) is 33.6 Å². The van der Waals surface area contributed by atoms with Crippen molar-refractivity contribution < 1.29 is 32.6 Å². The molecule has 0 heterocycles. The number of rotatable bonds is 8. The predicted molar refractivity (Wildman–Crippen MR) is 64.7 cm³/mol. The highest BCUT2D eigenvalue weighted by atomic mass is 31.3. The van der Waals surface area contributed by atoms with Crippen LogP contribution >= 0.6 is 15.6 Å². The molecule has 0 aromatic heterocycles. The zero-order valence-electron chi connectivity index (χ0n) is 11.0. The normalized spacial score (nSPS) is 16.0. The van der Waals surface area contributed by atoms with E-state index < -0.39 is 15.6 Å². The van der Waals surface area contributed by atoms with E-state index >= 15 is 0 Å². The van der Waals surface area contributed by atoms with E-state index in [0.29, 0.717) is 0 Å². The largest absolute Gasteiger partial charge is 0.790 e. The summed E-state index contributed by atoms with van der Waals surface area (Å²) in [4.78, 5) is 31.2. The first-order valence-corrected chi connectivity index (χ1v) is 8.42. The maximum absolute atomic E-state index is 10.9. The van der Waals surface area contributed by atoms with Crippen molar-refractivity contribution in [2.24, 2.45) is 0 Å². The summed E-state index contributed by atoms with van der Waals surface area (Å²) in [5.74, 6) is 0. The lowest BCUT2D eigenvalue weighted by molar-refractivity contribution is -0.339. The maximum atomic E-state index is 10.9. The fourth-order valence-corrected chi connectivity index (χ4v) is 2.53. The minimum absolute atomic E-state index is 0.374. The molecule has 0 aliphatic heterocycles. The Bertz CT molecular complexity index is 431. The third kappa shape index (κ3) is 12.5. The van der Waals surface area contributed by atoms with Crippen molar-refractivity contribution in [3.8, 4) is 0 Å². The minimum Gasteiger partial charge on any atom is -0.790 e. The van der Waals surface area contributed by atoms with E-state index in [0.717, 1.165) is 18.4 Å². The molecule has 1 atom stereocenters. The minimum atomic E-state index is -5.61. The molecule has 0 saturated heterocycles. The summed E-state index contributed by atoms with van der Waals surface area (Å²) in [7, 11) is -10.7. The third-order valence-electron chi connectivity index (χ3n) is 1.96. The molecule has 0 aromatic carbocycles. The summed E-state index contributed by atoms with van der Waals surface area (Å²) < 4.78 is 28.5. The molecule has 0 radical (unpaired) electrons. The monoisotopic (exact) mass is 311 g/mol.